The summed E-state index contributed by atoms with van der Waals surface area (Å²) in [7, 11) is 0. The van der Waals surface area contributed by atoms with E-state index in [1.807, 2.05) is 36.5 Å². The van der Waals surface area contributed by atoms with Gasteiger partial charge in [0, 0.05) is 6.20 Å². The molecule has 4 nitrogen and oxygen atoms in total. The Hall–Kier alpha value is -2.88. The lowest BCUT2D eigenvalue weighted by Gasteiger charge is -2.19. The topological polar surface area (TPSA) is 46.9 Å². The fraction of sp³-hybridized carbons (Fsp3) is 0.273. The van der Waals surface area contributed by atoms with Crippen molar-refractivity contribution < 1.29 is 4.79 Å². The van der Waals surface area contributed by atoms with E-state index in [0.29, 0.717) is 12.3 Å². The highest BCUT2D eigenvalue weighted by Gasteiger charge is 2.33. The van der Waals surface area contributed by atoms with Gasteiger partial charge in [-0.15, -0.1) is 0 Å². The molecule has 1 aliphatic rings. The van der Waals surface area contributed by atoms with Crippen LogP contribution in [0.5, 0.6) is 0 Å². The van der Waals surface area contributed by atoms with E-state index in [1.165, 1.54) is 24.0 Å². The first-order chi connectivity index (χ1) is 12.7. The summed E-state index contributed by atoms with van der Waals surface area (Å²) in [6.45, 7) is 2.08. The number of amides is 1. The minimum atomic E-state index is 0.0510. The Morgan fingerprint density at radius 1 is 1.15 bits per heavy atom. The molecule has 0 saturated heterocycles. The van der Waals surface area contributed by atoms with Gasteiger partial charge in [-0.3, -0.25) is 4.79 Å². The molecule has 1 aliphatic carbocycles. The zero-order chi connectivity index (χ0) is 17.9. The number of nitrogens with one attached hydrogen (secondary N) is 1. The number of para-hydroxylation sites is 1. The lowest BCUT2D eigenvalue weighted by molar-refractivity contribution is -0.121. The van der Waals surface area contributed by atoms with E-state index >= 15 is 0 Å². The van der Waals surface area contributed by atoms with Gasteiger partial charge in [0.1, 0.15) is 0 Å². The van der Waals surface area contributed by atoms with E-state index in [4.69, 9.17) is 0 Å². The summed E-state index contributed by atoms with van der Waals surface area (Å²) >= 11 is 0. The van der Waals surface area contributed by atoms with Gasteiger partial charge in [-0.05, 0) is 48.9 Å². The lowest BCUT2D eigenvalue weighted by atomic mass is 10.0. The molecule has 1 unspecified atom stereocenters. The summed E-state index contributed by atoms with van der Waals surface area (Å²) in [4.78, 5) is 12.6. The number of aryl methyl sites for hydroxylation is 1. The van der Waals surface area contributed by atoms with Crippen molar-refractivity contribution in [2.45, 2.75) is 32.2 Å². The maximum absolute atomic E-state index is 12.6. The molecular weight excluding hydrogens is 322 g/mol. The van der Waals surface area contributed by atoms with E-state index < -0.39 is 0 Å². The van der Waals surface area contributed by atoms with Gasteiger partial charge in [0.2, 0.25) is 5.91 Å². The monoisotopic (exact) mass is 345 g/mol. The van der Waals surface area contributed by atoms with Crippen LogP contribution in [0, 0.1) is 12.8 Å². The molecule has 2 aromatic carbocycles. The summed E-state index contributed by atoms with van der Waals surface area (Å²) in [5.41, 5.74) is 4.36. The molecule has 1 heterocycles. The van der Waals surface area contributed by atoms with Crippen LogP contribution < -0.4 is 5.32 Å². The zero-order valence-electron chi connectivity index (χ0n) is 14.9. The average Bonchev–Trinajstić information content (AvgIpc) is 3.40. The van der Waals surface area contributed by atoms with Crippen LogP contribution in [0.4, 0.5) is 0 Å². The van der Waals surface area contributed by atoms with E-state index in [-0.39, 0.29) is 11.9 Å². The standard InChI is InChI=1S/C22H23N3O/c1-16-7-9-18(10-8-16)22(19-11-12-19)24-21(26)13-17-14-23-25(15-17)20-5-3-2-4-6-20/h2-10,14-15,19,22H,11-13H2,1H3,(H,24,26). The normalized spacial score (nSPS) is 14.8. The molecule has 0 spiro atoms. The van der Waals surface area contributed by atoms with Crippen LogP contribution in [-0.4, -0.2) is 15.7 Å². The molecule has 1 N–H and O–H groups in total. The Bertz CT molecular complexity index is 879. The SMILES string of the molecule is Cc1ccc(C(NC(=O)Cc2cnn(-c3ccccc3)c2)C2CC2)cc1. The molecule has 1 atom stereocenters. The van der Waals surface area contributed by atoms with Crippen LogP contribution in [0.15, 0.2) is 67.0 Å². The van der Waals surface area contributed by atoms with Crippen molar-refractivity contribution in [3.05, 3.63) is 83.7 Å². The number of hydrogen-bond acceptors (Lipinski definition) is 2. The highest BCUT2D eigenvalue weighted by Crippen LogP contribution is 2.41. The second-order valence-corrected chi connectivity index (χ2v) is 7.10. The minimum Gasteiger partial charge on any atom is -0.349 e. The third kappa shape index (κ3) is 3.85. The molecule has 0 bridgehead atoms. The Kier molecular flexibility index (Phi) is 4.57. The van der Waals surface area contributed by atoms with Crippen molar-refractivity contribution in [2.24, 2.45) is 5.92 Å². The molecule has 0 radical (unpaired) electrons. The van der Waals surface area contributed by atoms with Gasteiger partial charge in [-0.25, -0.2) is 4.68 Å². The van der Waals surface area contributed by atoms with Crippen LogP contribution in [0.2, 0.25) is 0 Å². The maximum atomic E-state index is 12.6. The first-order valence-corrected chi connectivity index (χ1v) is 9.14. The Morgan fingerprint density at radius 3 is 2.58 bits per heavy atom. The van der Waals surface area contributed by atoms with Crippen molar-refractivity contribution in [1.82, 2.24) is 15.1 Å². The van der Waals surface area contributed by atoms with Gasteiger partial charge in [-0.1, -0.05) is 48.0 Å². The third-order valence-electron chi connectivity index (χ3n) is 4.87. The van der Waals surface area contributed by atoms with Gasteiger partial charge in [0.15, 0.2) is 0 Å². The molecule has 1 aromatic heterocycles. The van der Waals surface area contributed by atoms with E-state index in [9.17, 15) is 4.79 Å². The fourth-order valence-corrected chi connectivity index (χ4v) is 3.26. The highest BCUT2D eigenvalue weighted by molar-refractivity contribution is 5.79. The Balaban J connectivity index is 1.43. The van der Waals surface area contributed by atoms with Crippen LogP contribution in [-0.2, 0) is 11.2 Å². The zero-order valence-corrected chi connectivity index (χ0v) is 14.9. The number of carbonyl (C=O) groups excluding carboxylic acids is 1. The van der Waals surface area contributed by atoms with E-state index in [0.717, 1.165) is 11.3 Å². The molecule has 26 heavy (non-hydrogen) atoms. The molecule has 0 aliphatic heterocycles. The van der Waals surface area contributed by atoms with Gasteiger partial charge in [0.05, 0.1) is 24.3 Å². The van der Waals surface area contributed by atoms with Gasteiger partial charge in [0.25, 0.3) is 0 Å². The quantitative estimate of drug-likeness (QED) is 0.734. The molecular formula is C22H23N3O. The molecule has 3 aromatic rings. The van der Waals surface area contributed by atoms with Gasteiger partial charge < -0.3 is 5.32 Å². The summed E-state index contributed by atoms with van der Waals surface area (Å²) in [6.07, 6.45) is 6.41. The average molecular weight is 345 g/mol. The Morgan fingerprint density at radius 2 is 1.88 bits per heavy atom. The predicted molar refractivity (Wildman–Crippen MR) is 102 cm³/mol. The minimum absolute atomic E-state index is 0.0510. The fourth-order valence-electron chi connectivity index (χ4n) is 3.26. The van der Waals surface area contributed by atoms with Crippen LogP contribution >= 0.6 is 0 Å². The molecule has 1 fully saturated rings. The Labute approximate surface area is 153 Å². The van der Waals surface area contributed by atoms with Crippen molar-refractivity contribution in [2.75, 3.05) is 0 Å². The third-order valence-corrected chi connectivity index (χ3v) is 4.87. The summed E-state index contributed by atoms with van der Waals surface area (Å²) in [5.74, 6) is 0.615. The number of hydrogen-bond donors (Lipinski definition) is 1. The number of aromatic nitrogens is 2. The van der Waals surface area contributed by atoms with Crippen LogP contribution in [0.3, 0.4) is 0 Å². The van der Waals surface area contributed by atoms with E-state index in [2.05, 4.69) is 41.6 Å². The van der Waals surface area contributed by atoms with Crippen molar-refractivity contribution in [1.29, 1.82) is 0 Å². The first-order valence-electron chi connectivity index (χ1n) is 9.14. The maximum Gasteiger partial charge on any atom is 0.225 e. The number of rotatable bonds is 6. The summed E-state index contributed by atoms with van der Waals surface area (Å²) < 4.78 is 1.81. The van der Waals surface area contributed by atoms with Crippen molar-refractivity contribution in [3.8, 4) is 5.69 Å². The van der Waals surface area contributed by atoms with Crippen LogP contribution in [0.1, 0.15) is 35.6 Å². The molecule has 4 rings (SSSR count). The number of nitrogens with zero attached hydrogens (tertiary/aromatic N) is 2. The van der Waals surface area contributed by atoms with Crippen molar-refractivity contribution >= 4 is 5.91 Å². The second-order valence-electron chi connectivity index (χ2n) is 7.10. The summed E-state index contributed by atoms with van der Waals surface area (Å²) in [5, 5.41) is 7.61. The largest absolute Gasteiger partial charge is 0.349 e. The second kappa shape index (κ2) is 7.16. The predicted octanol–water partition coefficient (Wildman–Crippen LogP) is 3.99. The highest BCUT2D eigenvalue weighted by atomic mass is 16.1. The molecule has 132 valence electrons. The first kappa shape index (κ1) is 16.6. The van der Waals surface area contributed by atoms with E-state index in [1.54, 1.807) is 10.9 Å². The molecule has 4 heteroatoms. The molecule has 1 amide bonds. The van der Waals surface area contributed by atoms with Crippen molar-refractivity contribution in [3.63, 3.8) is 0 Å². The summed E-state index contributed by atoms with van der Waals surface area (Å²) in [6, 6.07) is 18.5. The van der Waals surface area contributed by atoms with Gasteiger partial charge in [-0.2, -0.15) is 5.10 Å². The van der Waals surface area contributed by atoms with Gasteiger partial charge >= 0.3 is 0 Å². The smallest absolute Gasteiger partial charge is 0.225 e. The number of carbonyl (C=O) groups is 1. The van der Waals surface area contributed by atoms with Crippen LogP contribution in [0.25, 0.3) is 5.69 Å². The lowest BCUT2D eigenvalue weighted by Crippen LogP contribution is -2.31. The molecule has 1 saturated carbocycles. The number of benzene rings is 2.